The highest BCUT2D eigenvalue weighted by atomic mass is 16.2. The Morgan fingerprint density at radius 2 is 1.76 bits per heavy atom. The molecular formula is C29H26N6O2. The summed E-state index contributed by atoms with van der Waals surface area (Å²) in [6, 6.07) is 19.2. The number of amides is 1. The minimum Gasteiger partial charge on any atom is -0.384 e. The highest BCUT2D eigenvalue weighted by Gasteiger charge is 2.61. The molecule has 0 radical (unpaired) electrons. The number of hydrogen-bond acceptors (Lipinski definition) is 6. The zero-order valence-corrected chi connectivity index (χ0v) is 20.8. The molecule has 3 heterocycles. The number of carbonyl (C=O) groups is 2. The van der Waals surface area contributed by atoms with Crippen LogP contribution < -0.4 is 16.0 Å². The van der Waals surface area contributed by atoms with Gasteiger partial charge in [-0.1, -0.05) is 62.4 Å². The lowest BCUT2D eigenvalue weighted by Gasteiger charge is -2.46. The molecule has 0 saturated heterocycles. The molecule has 2 aromatic carbocycles. The fraction of sp³-hybridized carbons (Fsp3) is 0.241. The first-order chi connectivity index (χ1) is 17.7. The van der Waals surface area contributed by atoms with Gasteiger partial charge < -0.3 is 11.1 Å². The summed E-state index contributed by atoms with van der Waals surface area (Å²) < 4.78 is 0. The third kappa shape index (κ3) is 2.97. The molecule has 0 saturated carbocycles. The number of carbonyl (C=O) groups excluding carboxylic acids is 2. The standard InChI is InChI=1S/C29H26N6O2/c1-16-23(17-9-5-4-6-10-17)26(34-33-16)35-21-13-28(2,3)14-22(36)24(21)29(19(15-30)25(35)31)18-11-7-8-12-20(18)32-27(29)37/h4-12H,13-14,31H2,1-3H3,(H,32,37)(H,33,34). The van der Waals surface area contributed by atoms with Gasteiger partial charge in [-0.2, -0.15) is 10.4 Å². The predicted octanol–water partition coefficient (Wildman–Crippen LogP) is 4.43. The highest BCUT2D eigenvalue weighted by Crippen LogP contribution is 2.57. The van der Waals surface area contributed by atoms with E-state index in [-0.39, 0.29) is 29.0 Å². The number of Topliss-reactive ketones (excluding diaryl/α,β-unsaturated/α-hetero) is 1. The molecule has 1 unspecified atom stereocenters. The minimum atomic E-state index is -1.60. The van der Waals surface area contributed by atoms with Gasteiger partial charge >= 0.3 is 0 Å². The maximum absolute atomic E-state index is 14.0. The summed E-state index contributed by atoms with van der Waals surface area (Å²) in [5, 5.41) is 21.1. The van der Waals surface area contributed by atoms with Crippen LogP contribution in [0.4, 0.5) is 11.5 Å². The Balaban J connectivity index is 1.71. The van der Waals surface area contributed by atoms with Gasteiger partial charge in [-0.15, -0.1) is 0 Å². The highest BCUT2D eigenvalue weighted by molar-refractivity contribution is 6.20. The summed E-state index contributed by atoms with van der Waals surface area (Å²) in [4.78, 5) is 29.6. The fourth-order valence-corrected chi connectivity index (χ4v) is 6.14. The minimum absolute atomic E-state index is 0.0291. The second-order valence-electron chi connectivity index (χ2n) is 10.6. The number of rotatable bonds is 2. The van der Waals surface area contributed by atoms with Crippen molar-refractivity contribution in [1.82, 2.24) is 10.2 Å². The number of nitrogens with one attached hydrogen (secondary N) is 2. The Bertz CT molecular complexity index is 1600. The summed E-state index contributed by atoms with van der Waals surface area (Å²) in [7, 11) is 0. The number of aromatic nitrogens is 2. The summed E-state index contributed by atoms with van der Waals surface area (Å²) in [6.45, 7) is 5.97. The molecule has 8 heteroatoms. The summed E-state index contributed by atoms with van der Waals surface area (Å²) in [6.07, 6.45) is 0.728. The number of hydrogen-bond donors (Lipinski definition) is 3. The van der Waals surface area contributed by atoms with Crippen molar-refractivity contribution in [2.24, 2.45) is 11.1 Å². The average Bonchev–Trinajstić information content (AvgIpc) is 3.36. The molecule has 4 N–H and O–H groups in total. The van der Waals surface area contributed by atoms with Crippen LogP contribution in [0.5, 0.6) is 0 Å². The van der Waals surface area contributed by atoms with E-state index in [4.69, 9.17) is 5.73 Å². The number of H-pyrrole nitrogens is 1. The maximum atomic E-state index is 14.0. The van der Waals surface area contributed by atoms with E-state index in [0.29, 0.717) is 34.8 Å². The number of para-hydroxylation sites is 1. The SMILES string of the molecule is Cc1[nH]nc(N2C(N)=C(C#N)C3(C(=O)Nc4ccccc43)C3=C2CC(C)(C)CC3=O)c1-c1ccccc1. The van der Waals surface area contributed by atoms with Crippen LogP contribution in [0.15, 0.2) is 77.3 Å². The van der Waals surface area contributed by atoms with E-state index in [1.54, 1.807) is 23.1 Å². The van der Waals surface area contributed by atoms with Gasteiger partial charge in [0.2, 0.25) is 5.91 Å². The number of nitriles is 1. The molecule has 8 nitrogen and oxygen atoms in total. The summed E-state index contributed by atoms with van der Waals surface area (Å²) >= 11 is 0. The smallest absolute Gasteiger partial charge is 0.245 e. The molecule has 1 aliphatic carbocycles. The van der Waals surface area contributed by atoms with Crippen LogP contribution in [-0.2, 0) is 15.0 Å². The van der Waals surface area contributed by atoms with Crippen molar-refractivity contribution >= 4 is 23.2 Å². The number of allylic oxidation sites excluding steroid dienone is 1. The molecule has 1 atom stereocenters. The molecular weight excluding hydrogens is 464 g/mol. The molecule has 37 heavy (non-hydrogen) atoms. The van der Waals surface area contributed by atoms with E-state index in [9.17, 15) is 14.9 Å². The lowest BCUT2D eigenvalue weighted by Crippen LogP contribution is -2.52. The number of aromatic amines is 1. The van der Waals surface area contributed by atoms with Crippen molar-refractivity contribution in [3.05, 3.63) is 88.5 Å². The van der Waals surface area contributed by atoms with Crippen LogP contribution in [0.3, 0.4) is 0 Å². The van der Waals surface area contributed by atoms with Gasteiger partial charge in [-0.05, 0) is 30.4 Å². The van der Waals surface area contributed by atoms with Crippen molar-refractivity contribution in [3.63, 3.8) is 0 Å². The number of aryl methyl sites for hydroxylation is 1. The number of nitrogens with zero attached hydrogens (tertiary/aromatic N) is 3. The van der Waals surface area contributed by atoms with Gasteiger partial charge in [-0.25, -0.2) is 0 Å². The zero-order valence-electron chi connectivity index (χ0n) is 20.8. The van der Waals surface area contributed by atoms with Crippen molar-refractivity contribution in [2.75, 3.05) is 10.2 Å². The van der Waals surface area contributed by atoms with E-state index in [1.807, 2.05) is 57.2 Å². The van der Waals surface area contributed by atoms with Gasteiger partial charge in [0, 0.05) is 40.2 Å². The van der Waals surface area contributed by atoms with Crippen molar-refractivity contribution in [1.29, 1.82) is 5.26 Å². The molecule has 3 aromatic rings. The Labute approximate surface area is 214 Å². The first-order valence-electron chi connectivity index (χ1n) is 12.2. The molecule has 3 aliphatic rings. The summed E-state index contributed by atoms with van der Waals surface area (Å²) in [5.74, 6) is -0.0115. The maximum Gasteiger partial charge on any atom is 0.245 e. The summed E-state index contributed by atoms with van der Waals surface area (Å²) in [5.41, 5.74) is 9.49. The first-order valence-corrected chi connectivity index (χ1v) is 12.2. The third-order valence-corrected chi connectivity index (χ3v) is 7.60. The average molecular weight is 491 g/mol. The molecule has 6 rings (SSSR count). The van der Waals surface area contributed by atoms with Crippen molar-refractivity contribution in [2.45, 2.75) is 39.0 Å². The van der Waals surface area contributed by atoms with Crippen LogP contribution in [0.25, 0.3) is 11.1 Å². The lowest BCUT2D eigenvalue weighted by atomic mass is 9.61. The van der Waals surface area contributed by atoms with Crippen LogP contribution in [-0.4, -0.2) is 21.9 Å². The fourth-order valence-electron chi connectivity index (χ4n) is 6.14. The topological polar surface area (TPSA) is 128 Å². The number of ketones is 1. The van der Waals surface area contributed by atoms with Crippen LogP contribution in [0.1, 0.15) is 37.9 Å². The first kappa shape index (κ1) is 22.8. The lowest BCUT2D eigenvalue weighted by molar-refractivity contribution is -0.123. The number of fused-ring (bicyclic) bond motifs is 3. The van der Waals surface area contributed by atoms with E-state index in [2.05, 4.69) is 21.6 Å². The van der Waals surface area contributed by atoms with E-state index in [1.165, 1.54) is 0 Å². The predicted molar refractivity (Wildman–Crippen MR) is 140 cm³/mol. The third-order valence-electron chi connectivity index (χ3n) is 7.60. The van der Waals surface area contributed by atoms with Gasteiger partial charge in [0.15, 0.2) is 11.6 Å². The number of anilines is 2. The van der Waals surface area contributed by atoms with E-state index in [0.717, 1.165) is 16.8 Å². The van der Waals surface area contributed by atoms with Gasteiger partial charge in [0.1, 0.15) is 17.3 Å². The largest absolute Gasteiger partial charge is 0.384 e. The van der Waals surface area contributed by atoms with Gasteiger partial charge in [0.05, 0.1) is 5.57 Å². The quantitative estimate of drug-likeness (QED) is 0.488. The van der Waals surface area contributed by atoms with Gasteiger partial charge in [-0.3, -0.25) is 19.6 Å². The molecule has 2 aliphatic heterocycles. The second-order valence-corrected chi connectivity index (χ2v) is 10.6. The van der Waals surface area contributed by atoms with Crippen LogP contribution >= 0.6 is 0 Å². The van der Waals surface area contributed by atoms with E-state index < -0.39 is 11.3 Å². The monoisotopic (exact) mass is 490 g/mol. The Kier molecular flexibility index (Phi) is 4.73. The van der Waals surface area contributed by atoms with E-state index >= 15 is 0 Å². The van der Waals surface area contributed by atoms with Crippen molar-refractivity contribution in [3.8, 4) is 17.2 Å². The Morgan fingerprint density at radius 1 is 1.05 bits per heavy atom. The molecule has 1 spiro atoms. The molecule has 1 amide bonds. The molecule has 184 valence electrons. The van der Waals surface area contributed by atoms with Crippen molar-refractivity contribution < 1.29 is 9.59 Å². The van der Waals surface area contributed by atoms with Crippen LogP contribution in [0, 0.1) is 23.7 Å². The Morgan fingerprint density at radius 3 is 2.49 bits per heavy atom. The van der Waals surface area contributed by atoms with Crippen LogP contribution in [0.2, 0.25) is 0 Å². The second kappa shape index (κ2) is 7.68. The number of nitrogens with two attached hydrogens (primary N) is 1. The Hall–Kier alpha value is -4.64. The molecule has 1 aromatic heterocycles. The molecule has 0 bridgehead atoms. The zero-order chi connectivity index (χ0) is 26.1. The normalized spacial score (nSPS) is 22.2. The number of benzene rings is 2. The molecule has 0 fully saturated rings. The van der Waals surface area contributed by atoms with Gasteiger partial charge in [0.25, 0.3) is 0 Å².